The van der Waals surface area contributed by atoms with Crippen molar-refractivity contribution in [3.05, 3.63) is 112 Å². The van der Waals surface area contributed by atoms with Gasteiger partial charge < -0.3 is 14.6 Å². The first-order valence-corrected chi connectivity index (χ1v) is 12.7. The van der Waals surface area contributed by atoms with Crippen molar-refractivity contribution in [3.63, 3.8) is 0 Å². The predicted octanol–water partition coefficient (Wildman–Crippen LogP) is 7.08. The Morgan fingerprint density at radius 1 is 1.03 bits per heavy atom. The van der Waals surface area contributed by atoms with Gasteiger partial charge in [0.1, 0.15) is 0 Å². The van der Waals surface area contributed by atoms with Crippen LogP contribution in [-0.2, 0) is 26.5 Å². The Balaban J connectivity index is 1.38. The molecule has 188 valence electrons. The molecule has 4 aromatic rings. The van der Waals surface area contributed by atoms with E-state index in [4.69, 9.17) is 26.1 Å². The minimum Gasteiger partial charge on any atom is -0.481 e. The van der Waals surface area contributed by atoms with E-state index in [0.717, 1.165) is 38.9 Å². The number of ether oxygens (including phenoxy) is 2. The van der Waals surface area contributed by atoms with Gasteiger partial charge >= 0.3 is 5.97 Å². The van der Waals surface area contributed by atoms with Crippen molar-refractivity contribution in [2.45, 2.75) is 31.5 Å². The van der Waals surface area contributed by atoms with Crippen LogP contribution in [-0.4, -0.2) is 29.3 Å². The Hall–Kier alpha value is -3.51. The highest BCUT2D eigenvalue weighted by Gasteiger charge is 2.38. The Morgan fingerprint density at radius 2 is 1.81 bits per heavy atom. The fourth-order valence-electron chi connectivity index (χ4n) is 4.79. The molecule has 1 atom stereocenters. The summed E-state index contributed by atoms with van der Waals surface area (Å²) in [5, 5.41) is 11.2. The second kappa shape index (κ2) is 10.9. The lowest BCUT2D eigenvalue weighted by Gasteiger charge is -2.29. The zero-order chi connectivity index (χ0) is 25.8. The Morgan fingerprint density at radius 3 is 2.62 bits per heavy atom. The van der Waals surface area contributed by atoms with Gasteiger partial charge in [-0.15, -0.1) is 0 Å². The number of aromatic nitrogens is 1. The fourth-order valence-corrected chi connectivity index (χ4v) is 4.95. The van der Waals surface area contributed by atoms with Gasteiger partial charge in [-0.05, 0) is 60.4 Å². The SMILES string of the molecule is CC(C(=O)O)c1ccccc1CCC1(c2cccc(/C=C/c3ccc4ccc(Cl)cc4n3)c2)OCCO1. The average Bonchev–Trinajstić information content (AvgIpc) is 3.40. The molecule has 3 aromatic carbocycles. The molecule has 0 aliphatic carbocycles. The summed E-state index contributed by atoms with van der Waals surface area (Å²) in [5.41, 5.74) is 5.46. The van der Waals surface area contributed by atoms with Crippen molar-refractivity contribution in [1.82, 2.24) is 4.98 Å². The topological polar surface area (TPSA) is 68.7 Å². The summed E-state index contributed by atoms with van der Waals surface area (Å²) in [6.45, 7) is 2.74. The first-order valence-electron chi connectivity index (χ1n) is 12.4. The lowest BCUT2D eigenvalue weighted by molar-refractivity contribution is -0.170. The molecule has 2 heterocycles. The number of hydrogen-bond acceptors (Lipinski definition) is 4. The van der Waals surface area contributed by atoms with Crippen molar-refractivity contribution in [3.8, 4) is 0 Å². The minimum atomic E-state index is -0.874. The van der Waals surface area contributed by atoms with Crippen LogP contribution in [0.15, 0.2) is 78.9 Å². The van der Waals surface area contributed by atoms with E-state index >= 15 is 0 Å². The number of rotatable bonds is 8. The summed E-state index contributed by atoms with van der Waals surface area (Å²) >= 11 is 6.13. The second-order valence-corrected chi connectivity index (χ2v) is 9.68. The molecule has 0 amide bonds. The second-order valence-electron chi connectivity index (χ2n) is 9.24. The van der Waals surface area contributed by atoms with Crippen molar-refractivity contribution in [1.29, 1.82) is 0 Å². The molecule has 37 heavy (non-hydrogen) atoms. The summed E-state index contributed by atoms with van der Waals surface area (Å²) in [7, 11) is 0. The molecule has 1 unspecified atom stereocenters. The third-order valence-electron chi connectivity index (χ3n) is 6.82. The van der Waals surface area contributed by atoms with Crippen LogP contribution in [0.3, 0.4) is 0 Å². The third-order valence-corrected chi connectivity index (χ3v) is 7.05. The van der Waals surface area contributed by atoms with Crippen LogP contribution in [0.2, 0.25) is 5.02 Å². The molecule has 0 radical (unpaired) electrons. The van der Waals surface area contributed by atoms with Crippen LogP contribution < -0.4 is 0 Å². The minimum absolute atomic E-state index is 0.511. The van der Waals surface area contributed by atoms with Crippen LogP contribution in [0.25, 0.3) is 23.1 Å². The predicted molar refractivity (Wildman–Crippen MR) is 147 cm³/mol. The Bertz CT molecular complexity index is 1460. The molecule has 1 saturated heterocycles. The van der Waals surface area contributed by atoms with Gasteiger partial charge in [-0.1, -0.05) is 72.3 Å². The highest BCUT2D eigenvalue weighted by molar-refractivity contribution is 6.31. The number of hydrogen-bond donors (Lipinski definition) is 1. The van der Waals surface area contributed by atoms with Crippen molar-refractivity contribution in [2.24, 2.45) is 0 Å². The number of fused-ring (bicyclic) bond motifs is 1. The molecule has 1 fully saturated rings. The Kier molecular flexibility index (Phi) is 7.38. The fraction of sp³-hybridized carbons (Fsp3) is 0.226. The lowest BCUT2D eigenvalue weighted by Crippen LogP contribution is -2.28. The van der Waals surface area contributed by atoms with E-state index in [1.807, 2.05) is 84.9 Å². The number of halogens is 1. The largest absolute Gasteiger partial charge is 0.481 e. The monoisotopic (exact) mass is 513 g/mol. The highest BCUT2D eigenvalue weighted by atomic mass is 35.5. The number of nitrogens with zero attached hydrogens (tertiary/aromatic N) is 1. The number of benzene rings is 3. The number of carbonyl (C=O) groups is 1. The molecular formula is C31H28ClNO4. The first kappa shape index (κ1) is 25.2. The molecular weight excluding hydrogens is 486 g/mol. The van der Waals surface area contributed by atoms with Gasteiger partial charge in [-0.2, -0.15) is 0 Å². The maximum Gasteiger partial charge on any atom is 0.310 e. The van der Waals surface area contributed by atoms with Gasteiger partial charge in [-0.25, -0.2) is 4.98 Å². The van der Waals surface area contributed by atoms with Crippen LogP contribution in [0.1, 0.15) is 47.2 Å². The molecule has 5 nitrogen and oxygen atoms in total. The lowest BCUT2D eigenvalue weighted by atomic mass is 9.90. The molecule has 0 bridgehead atoms. The number of carboxylic acid groups (broad SMARTS) is 1. The van der Waals surface area contributed by atoms with Crippen LogP contribution in [0.5, 0.6) is 0 Å². The van der Waals surface area contributed by atoms with E-state index in [1.54, 1.807) is 6.92 Å². The van der Waals surface area contributed by atoms with E-state index in [1.165, 1.54) is 0 Å². The van der Waals surface area contributed by atoms with Crippen LogP contribution in [0, 0.1) is 0 Å². The van der Waals surface area contributed by atoms with Crippen LogP contribution in [0.4, 0.5) is 0 Å². The first-order chi connectivity index (χ1) is 17.9. The normalized spacial score (nSPS) is 15.8. The summed E-state index contributed by atoms with van der Waals surface area (Å²) in [5.74, 6) is -2.29. The van der Waals surface area contributed by atoms with Crippen LogP contribution >= 0.6 is 11.6 Å². The van der Waals surface area contributed by atoms with Crippen molar-refractivity contribution >= 4 is 40.6 Å². The molecule has 0 spiro atoms. The molecule has 1 N–H and O–H groups in total. The molecule has 0 saturated carbocycles. The van der Waals surface area contributed by atoms with Gasteiger partial charge in [0.25, 0.3) is 0 Å². The summed E-state index contributed by atoms with van der Waals surface area (Å²) in [6, 6.07) is 25.5. The van der Waals surface area contributed by atoms with Gasteiger partial charge in [0.05, 0.1) is 30.3 Å². The van der Waals surface area contributed by atoms with Gasteiger partial charge in [0, 0.05) is 22.4 Å². The van der Waals surface area contributed by atoms with E-state index < -0.39 is 17.7 Å². The number of pyridine rings is 1. The molecule has 5 rings (SSSR count). The summed E-state index contributed by atoms with van der Waals surface area (Å²) < 4.78 is 12.4. The zero-order valence-corrected chi connectivity index (χ0v) is 21.3. The maximum atomic E-state index is 11.6. The van der Waals surface area contributed by atoms with Gasteiger partial charge in [0.15, 0.2) is 5.79 Å². The summed E-state index contributed by atoms with van der Waals surface area (Å²) in [6.07, 6.45) is 5.22. The summed E-state index contributed by atoms with van der Waals surface area (Å²) in [4.78, 5) is 16.3. The van der Waals surface area contributed by atoms with E-state index in [-0.39, 0.29) is 0 Å². The highest BCUT2D eigenvalue weighted by Crippen LogP contribution is 2.37. The van der Waals surface area contributed by atoms with Crippen molar-refractivity contribution in [2.75, 3.05) is 13.2 Å². The number of aliphatic carboxylic acids is 1. The Labute approximate surface area is 221 Å². The smallest absolute Gasteiger partial charge is 0.310 e. The molecule has 1 aromatic heterocycles. The number of carboxylic acids is 1. The van der Waals surface area contributed by atoms with E-state index in [2.05, 4.69) is 6.07 Å². The zero-order valence-electron chi connectivity index (χ0n) is 20.6. The third kappa shape index (κ3) is 5.59. The average molecular weight is 514 g/mol. The van der Waals surface area contributed by atoms with Crippen molar-refractivity contribution < 1.29 is 19.4 Å². The van der Waals surface area contributed by atoms with E-state index in [9.17, 15) is 9.90 Å². The molecule has 6 heteroatoms. The van der Waals surface area contributed by atoms with E-state index in [0.29, 0.717) is 31.1 Å². The quantitative estimate of drug-likeness (QED) is 0.272. The van der Waals surface area contributed by atoms with Gasteiger partial charge in [0.2, 0.25) is 0 Å². The maximum absolute atomic E-state index is 11.6. The van der Waals surface area contributed by atoms with Gasteiger partial charge in [-0.3, -0.25) is 4.79 Å². The molecule has 1 aliphatic heterocycles. The standard InChI is InChI=1S/C31H28ClNO4/c1-21(30(34)35)28-8-3-2-6-23(28)15-16-31(36-17-18-37-31)25-7-4-5-22(19-25)9-13-27-14-11-24-10-12-26(32)20-29(24)33-27/h2-14,19-21H,15-18H2,1H3,(H,34,35)/b13-9+. The number of aryl methyl sites for hydroxylation is 1. The molecule has 1 aliphatic rings.